The van der Waals surface area contributed by atoms with Gasteiger partial charge in [-0.3, -0.25) is 9.36 Å². The molecule has 0 spiro atoms. The van der Waals surface area contributed by atoms with Crippen LogP contribution in [0.5, 0.6) is 0 Å². The molecule has 0 aliphatic rings. The third kappa shape index (κ3) is 5.14. The molecule has 0 radical (unpaired) electrons. The third-order valence-electron chi connectivity index (χ3n) is 3.04. The number of amides is 1. The van der Waals surface area contributed by atoms with Crippen molar-refractivity contribution in [2.75, 3.05) is 19.9 Å². The number of hydrogen-bond acceptors (Lipinski definition) is 3. The zero-order chi connectivity index (χ0) is 16.0. The molecule has 2 aromatic rings. The van der Waals surface area contributed by atoms with E-state index in [1.54, 1.807) is 25.5 Å². The molecule has 1 unspecified atom stereocenters. The highest BCUT2D eigenvalue weighted by Crippen LogP contribution is 2.43. The first kappa shape index (κ1) is 16.5. The number of rotatable bonds is 6. The standard InChI is InChI=1S/C17H20NO3P/c1-22(2,20)21-16(14-9-5-3-6-10-14)13-18-17(19)15-11-7-4-8-12-15/h3-12,16H,13H2,1-2H3,(H,18,19). The summed E-state index contributed by atoms with van der Waals surface area (Å²) in [5, 5.41) is 2.84. The van der Waals surface area contributed by atoms with Gasteiger partial charge in [-0.25, -0.2) is 0 Å². The lowest BCUT2D eigenvalue weighted by molar-refractivity contribution is 0.0928. The van der Waals surface area contributed by atoms with Crippen LogP contribution >= 0.6 is 7.37 Å². The first-order valence-electron chi connectivity index (χ1n) is 7.07. The number of hydrogen-bond donors (Lipinski definition) is 1. The van der Waals surface area contributed by atoms with Crippen LogP contribution in [0.2, 0.25) is 0 Å². The van der Waals surface area contributed by atoms with Crippen LogP contribution in [0.1, 0.15) is 22.0 Å². The summed E-state index contributed by atoms with van der Waals surface area (Å²) in [5.41, 5.74) is 1.48. The second kappa shape index (κ2) is 7.39. The highest BCUT2D eigenvalue weighted by molar-refractivity contribution is 7.57. The summed E-state index contributed by atoms with van der Waals surface area (Å²) in [4.78, 5) is 12.1. The van der Waals surface area contributed by atoms with Gasteiger partial charge in [0.1, 0.15) is 6.10 Å². The molecule has 1 atom stereocenters. The molecular formula is C17H20NO3P. The van der Waals surface area contributed by atoms with E-state index in [0.29, 0.717) is 5.56 Å². The summed E-state index contributed by atoms with van der Waals surface area (Å²) >= 11 is 0. The monoisotopic (exact) mass is 317 g/mol. The maximum absolute atomic E-state index is 12.1. The zero-order valence-corrected chi connectivity index (χ0v) is 13.6. The maximum atomic E-state index is 12.1. The van der Waals surface area contributed by atoms with Crippen molar-refractivity contribution < 1.29 is 13.9 Å². The van der Waals surface area contributed by atoms with Gasteiger partial charge >= 0.3 is 0 Å². The molecule has 0 aliphatic carbocycles. The Kier molecular flexibility index (Phi) is 5.53. The molecule has 2 aromatic carbocycles. The number of benzene rings is 2. The van der Waals surface area contributed by atoms with Crippen molar-refractivity contribution in [3.8, 4) is 0 Å². The summed E-state index contributed by atoms with van der Waals surface area (Å²) in [5.74, 6) is -0.174. The van der Waals surface area contributed by atoms with E-state index >= 15 is 0 Å². The number of nitrogens with one attached hydrogen (secondary N) is 1. The molecule has 0 saturated heterocycles. The molecule has 0 heterocycles. The minimum absolute atomic E-state index is 0.174. The molecular weight excluding hydrogens is 297 g/mol. The maximum Gasteiger partial charge on any atom is 0.251 e. The number of carbonyl (C=O) groups is 1. The first-order chi connectivity index (χ1) is 10.5. The van der Waals surface area contributed by atoms with E-state index in [0.717, 1.165) is 5.56 Å². The molecule has 116 valence electrons. The van der Waals surface area contributed by atoms with Crippen LogP contribution < -0.4 is 5.32 Å². The average Bonchev–Trinajstić information content (AvgIpc) is 2.52. The third-order valence-corrected chi connectivity index (χ3v) is 3.80. The van der Waals surface area contributed by atoms with Crippen LogP contribution in [0.3, 0.4) is 0 Å². The zero-order valence-electron chi connectivity index (χ0n) is 12.7. The Morgan fingerprint density at radius 2 is 1.59 bits per heavy atom. The largest absolute Gasteiger partial charge is 0.349 e. The van der Waals surface area contributed by atoms with Crippen LogP contribution in [-0.2, 0) is 9.09 Å². The fourth-order valence-electron chi connectivity index (χ4n) is 2.07. The lowest BCUT2D eigenvalue weighted by Crippen LogP contribution is -2.29. The summed E-state index contributed by atoms with van der Waals surface area (Å²) in [6.07, 6.45) is -0.435. The summed E-state index contributed by atoms with van der Waals surface area (Å²) in [6, 6.07) is 18.5. The smallest absolute Gasteiger partial charge is 0.251 e. The van der Waals surface area contributed by atoms with Gasteiger partial charge in [0.2, 0.25) is 0 Å². The van der Waals surface area contributed by atoms with E-state index in [1.807, 2.05) is 48.5 Å². The lowest BCUT2D eigenvalue weighted by atomic mass is 10.1. The van der Waals surface area contributed by atoms with Crippen LogP contribution in [0.4, 0.5) is 0 Å². The molecule has 0 aliphatic heterocycles. The van der Waals surface area contributed by atoms with Crippen molar-refractivity contribution in [3.05, 3.63) is 71.8 Å². The van der Waals surface area contributed by atoms with Crippen LogP contribution in [0.25, 0.3) is 0 Å². The second-order valence-electron chi connectivity index (χ2n) is 5.33. The van der Waals surface area contributed by atoms with E-state index in [1.165, 1.54) is 0 Å². The predicted molar refractivity (Wildman–Crippen MR) is 88.5 cm³/mol. The quantitative estimate of drug-likeness (QED) is 0.826. The van der Waals surface area contributed by atoms with Crippen molar-refractivity contribution >= 4 is 13.3 Å². The molecule has 1 N–H and O–H groups in total. The fraction of sp³-hybridized carbons (Fsp3) is 0.235. The minimum atomic E-state index is -2.67. The van der Waals surface area contributed by atoms with Gasteiger partial charge in [0.15, 0.2) is 7.37 Å². The Labute approximate surface area is 131 Å². The fourth-order valence-corrected chi connectivity index (χ4v) is 2.88. The SMILES string of the molecule is CP(C)(=O)OC(CNC(=O)c1ccccc1)c1ccccc1. The summed E-state index contributed by atoms with van der Waals surface area (Å²) in [7, 11) is -2.67. The minimum Gasteiger partial charge on any atom is -0.349 e. The van der Waals surface area contributed by atoms with Gasteiger partial charge in [-0.05, 0) is 17.7 Å². The Bertz CT molecular complexity index is 652. The highest BCUT2D eigenvalue weighted by atomic mass is 31.2. The normalized spacial score (nSPS) is 12.6. The molecule has 1 amide bonds. The van der Waals surface area contributed by atoms with Crippen LogP contribution in [0, 0.1) is 0 Å². The van der Waals surface area contributed by atoms with E-state index < -0.39 is 13.5 Å². The Hall–Kier alpha value is -1.90. The molecule has 5 heteroatoms. The van der Waals surface area contributed by atoms with Gasteiger partial charge in [0.05, 0.1) is 0 Å². The van der Waals surface area contributed by atoms with Crippen LogP contribution in [0.15, 0.2) is 60.7 Å². The van der Waals surface area contributed by atoms with Crippen molar-refractivity contribution in [3.63, 3.8) is 0 Å². The van der Waals surface area contributed by atoms with Crippen molar-refractivity contribution in [1.82, 2.24) is 5.32 Å². The van der Waals surface area contributed by atoms with Crippen molar-refractivity contribution in [2.45, 2.75) is 6.10 Å². The Morgan fingerprint density at radius 3 is 2.14 bits per heavy atom. The van der Waals surface area contributed by atoms with Gasteiger partial charge in [-0.15, -0.1) is 0 Å². The van der Waals surface area contributed by atoms with Crippen molar-refractivity contribution in [1.29, 1.82) is 0 Å². The molecule has 0 fully saturated rings. The topological polar surface area (TPSA) is 55.4 Å². The Balaban J connectivity index is 2.07. The van der Waals surface area contributed by atoms with Crippen LogP contribution in [-0.4, -0.2) is 25.8 Å². The summed E-state index contributed by atoms with van der Waals surface area (Å²) < 4.78 is 17.6. The van der Waals surface area contributed by atoms with E-state index in [9.17, 15) is 9.36 Å². The van der Waals surface area contributed by atoms with E-state index in [-0.39, 0.29) is 12.5 Å². The number of carbonyl (C=O) groups excluding carboxylic acids is 1. The van der Waals surface area contributed by atoms with Crippen molar-refractivity contribution in [2.24, 2.45) is 0 Å². The van der Waals surface area contributed by atoms with Gasteiger partial charge in [0, 0.05) is 25.4 Å². The van der Waals surface area contributed by atoms with Gasteiger partial charge in [-0.1, -0.05) is 48.5 Å². The molecule has 0 aromatic heterocycles. The molecule has 22 heavy (non-hydrogen) atoms. The Morgan fingerprint density at radius 1 is 1.05 bits per heavy atom. The molecule has 0 bridgehead atoms. The van der Waals surface area contributed by atoms with Gasteiger partial charge in [-0.2, -0.15) is 0 Å². The summed E-state index contributed by atoms with van der Waals surface area (Å²) in [6.45, 7) is 3.41. The first-order valence-corrected chi connectivity index (χ1v) is 9.59. The van der Waals surface area contributed by atoms with Gasteiger partial charge in [0.25, 0.3) is 5.91 Å². The predicted octanol–water partition coefficient (Wildman–Crippen LogP) is 3.71. The van der Waals surface area contributed by atoms with Gasteiger partial charge < -0.3 is 9.84 Å². The lowest BCUT2D eigenvalue weighted by Gasteiger charge is -2.21. The second-order valence-corrected chi connectivity index (χ2v) is 8.05. The average molecular weight is 317 g/mol. The molecule has 2 rings (SSSR count). The molecule has 0 saturated carbocycles. The molecule has 4 nitrogen and oxygen atoms in total. The van der Waals surface area contributed by atoms with E-state index in [4.69, 9.17) is 4.52 Å². The van der Waals surface area contributed by atoms with E-state index in [2.05, 4.69) is 5.32 Å². The highest BCUT2D eigenvalue weighted by Gasteiger charge is 2.20.